The Bertz CT molecular complexity index is 888. The average molecular weight is 354 g/mol. The number of hydrogen-bond acceptors (Lipinski definition) is 5. The topological polar surface area (TPSA) is 88.0 Å². The molecule has 25 heavy (non-hydrogen) atoms. The van der Waals surface area contributed by atoms with Crippen molar-refractivity contribution in [1.82, 2.24) is 5.32 Å². The van der Waals surface area contributed by atoms with Crippen LogP contribution in [0.1, 0.15) is 15.9 Å². The molecule has 3 rings (SSSR count). The van der Waals surface area contributed by atoms with Crippen LogP contribution in [0.4, 0.5) is 5.69 Å². The van der Waals surface area contributed by atoms with Crippen LogP contribution in [0.25, 0.3) is 6.08 Å². The van der Waals surface area contributed by atoms with Gasteiger partial charge in [0.15, 0.2) is 5.17 Å². The lowest BCUT2D eigenvalue weighted by Gasteiger charge is -2.01. The highest BCUT2D eigenvalue weighted by Crippen LogP contribution is 2.29. The number of amides is 1. The molecule has 1 fully saturated rings. The summed E-state index contributed by atoms with van der Waals surface area (Å²) >= 11 is 1.17. The van der Waals surface area contributed by atoms with E-state index < -0.39 is 5.97 Å². The monoisotopic (exact) mass is 354 g/mol. The second-order valence-corrected chi connectivity index (χ2v) is 6.11. The summed E-state index contributed by atoms with van der Waals surface area (Å²) in [6.45, 7) is 0. The maximum atomic E-state index is 12.1. The molecule has 1 amide bonds. The second kappa shape index (κ2) is 7.23. The summed E-state index contributed by atoms with van der Waals surface area (Å²) < 4.78 is 5.10. The minimum absolute atomic E-state index is 0.0810. The smallest absolute Gasteiger partial charge is 0.337 e. The Morgan fingerprint density at radius 3 is 2.60 bits per heavy atom. The zero-order valence-electron chi connectivity index (χ0n) is 13.2. The predicted octanol–water partition coefficient (Wildman–Crippen LogP) is 3.29. The molecule has 126 valence electrons. The molecule has 6 nitrogen and oxygen atoms in total. The highest BCUT2D eigenvalue weighted by molar-refractivity contribution is 8.18. The number of rotatable bonds is 4. The zero-order valence-corrected chi connectivity index (χ0v) is 14.0. The van der Waals surface area contributed by atoms with Crippen molar-refractivity contribution in [2.75, 3.05) is 7.11 Å². The lowest BCUT2D eigenvalue weighted by atomic mass is 10.2. The van der Waals surface area contributed by atoms with Gasteiger partial charge in [-0.25, -0.2) is 9.79 Å². The minimum Gasteiger partial charge on any atom is -0.497 e. The standard InChI is InChI=1S/C18H14N2O4S/c1-24-12-8-6-11(7-9-12)10-15-16(21)20-18(25-15)19-14-5-3-2-4-13(14)17(22)23/h2-10H,1H3,(H,22,23)(H,19,20,21)/b15-10+. The van der Waals surface area contributed by atoms with Crippen molar-refractivity contribution in [3.63, 3.8) is 0 Å². The van der Waals surface area contributed by atoms with Crippen LogP contribution in [0.15, 0.2) is 58.4 Å². The molecule has 1 aliphatic heterocycles. The third-order valence-corrected chi connectivity index (χ3v) is 4.33. The summed E-state index contributed by atoms with van der Waals surface area (Å²) in [4.78, 5) is 28.1. The van der Waals surface area contributed by atoms with Crippen molar-refractivity contribution in [2.45, 2.75) is 0 Å². The Balaban J connectivity index is 1.85. The van der Waals surface area contributed by atoms with E-state index in [4.69, 9.17) is 4.74 Å². The number of aromatic carboxylic acids is 1. The Hall–Kier alpha value is -3.06. The third kappa shape index (κ3) is 3.89. The maximum absolute atomic E-state index is 12.1. The largest absolute Gasteiger partial charge is 0.497 e. The molecule has 2 aromatic carbocycles. The molecule has 0 unspecified atom stereocenters. The molecule has 2 aromatic rings. The fraction of sp³-hybridized carbons (Fsp3) is 0.0556. The number of nitrogens with one attached hydrogen (secondary N) is 1. The van der Waals surface area contributed by atoms with Gasteiger partial charge in [0, 0.05) is 0 Å². The quantitative estimate of drug-likeness (QED) is 0.823. The first-order valence-corrected chi connectivity index (χ1v) is 8.14. The van der Waals surface area contributed by atoms with Crippen LogP contribution in [0.3, 0.4) is 0 Å². The number of thioether (sulfide) groups is 1. The first-order valence-electron chi connectivity index (χ1n) is 7.33. The molecule has 1 aliphatic rings. The Kier molecular flexibility index (Phi) is 4.85. The van der Waals surface area contributed by atoms with Gasteiger partial charge in [0.2, 0.25) is 0 Å². The molecule has 1 saturated heterocycles. The highest BCUT2D eigenvalue weighted by atomic mass is 32.2. The summed E-state index contributed by atoms with van der Waals surface area (Å²) in [5.74, 6) is -0.603. The first kappa shape index (κ1) is 16.8. The van der Waals surface area contributed by atoms with E-state index in [0.29, 0.717) is 15.8 Å². The van der Waals surface area contributed by atoms with Gasteiger partial charge in [0.05, 0.1) is 23.3 Å². The third-order valence-electron chi connectivity index (χ3n) is 3.42. The molecule has 2 N–H and O–H groups in total. The number of benzene rings is 2. The van der Waals surface area contributed by atoms with Gasteiger partial charge in [-0.15, -0.1) is 0 Å². The van der Waals surface area contributed by atoms with E-state index >= 15 is 0 Å². The van der Waals surface area contributed by atoms with E-state index in [1.807, 2.05) is 24.3 Å². The number of carboxylic acid groups (broad SMARTS) is 1. The molecule has 1 heterocycles. The van der Waals surface area contributed by atoms with Crippen LogP contribution in [0, 0.1) is 0 Å². The van der Waals surface area contributed by atoms with Crippen molar-refractivity contribution in [2.24, 2.45) is 4.99 Å². The van der Waals surface area contributed by atoms with Crippen LogP contribution in [0.5, 0.6) is 5.75 Å². The summed E-state index contributed by atoms with van der Waals surface area (Å²) in [5.41, 5.74) is 1.23. The number of ether oxygens (including phenoxy) is 1. The molecule has 0 radical (unpaired) electrons. The normalized spacial score (nSPS) is 16.9. The van der Waals surface area contributed by atoms with E-state index in [1.54, 1.807) is 31.4 Å². The van der Waals surface area contributed by atoms with Crippen LogP contribution < -0.4 is 10.1 Å². The number of para-hydroxylation sites is 1. The lowest BCUT2D eigenvalue weighted by Crippen LogP contribution is -2.19. The van der Waals surface area contributed by atoms with Crippen molar-refractivity contribution >= 4 is 40.6 Å². The number of aliphatic imine (C=N–C) groups is 1. The summed E-state index contributed by atoms with van der Waals surface area (Å²) in [6, 6.07) is 13.7. The Morgan fingerprint density at radius 2 is 1.92 bits per heavy atom. The van der Waals surface area contributed by atoms with E-state index in [-0.39, 0.29) is 11.5 Å². The molecule has 0 spiro atoms. The number of nitrogens with zero attached hydrogens (tertiary/aromatic N) is 1. The summed E-state index contributed by atoms with van der Waals surface area (Å²) in [5, 5.41) is 12.2. The molecular weight excluding hydrogens is 340 g/mol. The molecule has 0 atom stereocenters. The first-order chi connectivity index (χ1) is 12.1. The van der Waals surface area contributed by atoms with Crippen LogP contribution >= 0.6 is 11.8 Å². The van der Waals surface area contributed by atoms with E-state index in [0.717, 1.165) is 11.3 Å². The molecule has 0 saturated carbocycles. The van der Waals surface area contributed by atoms with Crippen LogP contribution in [0.2, 0.25) is 0 Å². The van der Waals surface area contributed by atoms with Crippen LogP contribution in [-0.4, -0.2) is 29.3 Å². The predicted molar refractivity (Wildman–Crippen MR) is 97.2 cm³/mol. The highest BCUT2D eigenvalue weighted by Gasteiger charge is 2.24. The van der Waals surface area contributed by atoms with E-state index in [1.165, 1.54) is 17.8 Å². The molecule has 7 heteroatoms. The number of carbonyl (C=O) groups is 2. The van der Waals surface area contributed by atoms with Gasteiger partial charge in [-0.1, -0.05) is 24.3 Å². The van der Waals surface area contributed by atoms with Crippen molar-refractivity contribution in [1.29, 1.82) is 0 Å². The molecule has 0 aromatic heterocycles. The van der Waals surface area contributed by atoms with Crippen molar-refractivity contribution in [3.05, 3.63) is 64.6 Å². The maximum Gasteiger partial charge on any atom is 0.337 e. The van der Waals surface area contributed by atoms with Crippen molar-refractivity contribution < 1.29 is 19.4 Å². The Morgan fingerprint density at radius 1 is 1.20 bits per heavy atom. The fourth-order valence-electron chi connectivity index (χ4n) is 2.19. The van der Waals surface area contributed by atoms with Gasteiger partial charge in [0.1, 0.15) is 5.75 Å². The summed E-state index contributed by atoms with van der Waals surface area (Å²) in [7, 11) is 1.59. The number of amidine groups is 1. The molecular formula is C18H14N2O4S. The zero-order chi connectivity index (χ0) is 17.8. The van der Waals surface area contributed by atoms with E-state index in [2.05, 4.69) is 10.3 Å². The number of hydrogen-bond donors (Lipinski definition) is 2. The molecule has 0 bridgehead atoms. The fourth-order valence-corrected chi connectivity index (χ4v) is 3.03. The van der Waals surface area contributed by atoms with Gasteiger partial charge < -0.3 is 15.2 Å². The van der Waals surface area contributed by atoms with Gasteiger partial charge in [0.25, 0.3) is 5.91 Å². The van der Waals surface area contributed by atoms with Gasteiger partial charge in [-0.3, -0.25) is 4.79 Å². The van der Waals surface area contributed by atoms with Gasteiger partial charge in [-0.2, -0.15) is 0 Å². The number of carboxylic acids is 1. The average Bonchev–Trinajstić information content (AvgIpc) is 2.95. The number of methoxy groups -OCH3 is 1. The minimum atomic E-state index is -1.07. The molecule has 0 aliphatic carbocycles. The van der Waals surface area contributed by atoms with Crippen molar-refractivity contribution in [3.8, 4) is 5.75 Å². The second-order valence-electron chi connectivity index (χ2n) is 5.08. The van der Waals surface area contributed by atoms with Gasteiger partial charge >= 0.3 is 5.97 Å². The lowest BCUT2D eigenvalue weighted by molar-refractivity contribution is -0.115. The van der Waals surface area contributed by atoms with E-state index in [9.17, 15) is 14.7 Å². The van der Waals surface area contributed by atoms with Crippen LogP contribution in [-0.2, 0) is 4.79 Å². The summed E-state index contributed by atoms with van der Waals surface area (Å²) in [6.07, 6.45) is 1.74. The Labute approximate surface area is 148 Å². The SMILES string of the molecule is COc1ccc(/C=C2/SC(=Nc3ccccc3C(=O)O)NC2=O)cc1. The van der Waals surface area contributed by atoms with Gasteiger partial charge in [-0.05, 0) is 47.7 Å². The number of carbonyl (C=O) groups excluding carboxylic acids is 1.